The molecule has 0 spiro atoms. The van der Waals surface area contributed by atoms with E-state index in [2.05, 4.69) is 75.6 Å². The van der Waals surface area contributed by atoms with Crippen LogP contribution in [0.2, 0.25) is 0 Å². The quantitative estimate of drug-likeness (QED) is 0.331. The van der Waals surface area contributed by atoms with Crippen LogP contribution in [0.15, 0.2) is 73.3 Å². The van der Waals surface area contributed by atoms with Crippen LogP contribution in [0.5, 0.6) is 0 Å². The molecule has 158 valence electrons. The average molecular weight is 524 g/mol. The number of anilines is 1. The van der Waals surface area contributed by atoms with Crippen molar-refractivity contribution in [3.05, 3.63) is 73.3 Å². The Balaban J connectivity index is 0.000000158. The molecule has 5 rings (SSSR count). The van der Waals surface area contributed by atoms with E-state index in [1.807, 2.05) is 0 Å². The van der Waals surface area contributed by atoms with Gasteiger partial charge in [-0.3, -0.25) is 4.57 Å². The Morgan fingerprint density at radius 2 is 1.65 bits per heavy atom. The average Bonchev–Trinajstić information content (AvgIpc) is 3.39. The number of fused-ring (bicyclic) bond motifs is 1. The van der Waals surface area contributed by atoms with E-state index in [0.717, 1.165) is 0 Å². The first-order valence-electron chi connectivity index (χ1n) is 9.90. The number of aromatic nitrogens is 4. The summed E-state index contributed by atoms with van der Waals surface area (Å²) in [6.07, 6.45) is 1.60. The van der Waals surface area contributed by atoms with Crippen molar-refractivity contribution in [1.82, 2.24) is 19.5 Å². The second-order valence-electron chi connectivity index (χ2n) is 7.05. The van der Waals surface area contributed by atoms with Crippen molar-refractivity contribution < 1.29 is 14.9 Å². The van der Waals surface area contributed by atoms with Crippen LogP contribution in [-0.2, 0) is 4.74 Å². The van der Waals surface area contributed by atoms with Crippen LogP contribution >= 0.6 is 0 Å². The monoisotopic (exact) mass is 525 g/mol. The van der Waals surface area contributed by atoms with Gasteiger partial charge in [-0.2, -0.15) is 0 Å². The zero-order valence-corrected chi connectivity index (χ0v) is 19.6. The third-order valence-electron chi connectivity index (χ3n) is 4.92. The number of hydrogen-bond acceptors (Lipinski definition) is 7. The van der Waals surface area contributed by atoms with Gasteiger partial charge >= 0.3 is 89.0 Å². The first-order chi connectivity index (χ1) is 15.2. The summed E-state index contributed by atoms with van der Waals surface area (Å²) in [6.45, 7) is -0.221. The van der Waals surface area contributed by atoms with Gasteiger partial charge in [-0.15, -0.1) is 0 Å². The minimum atomic E-state index is -0.698. The fourth-order valence-corrected chi connectivity index (χ4v) is 6.34. The van der Waals surface area contributed by atoms with Gasteiger partial charge < -0.3 is 20.7 Å². The number of nitrogens with two attached hydrogens (primary N) is 1. The van der Waals surface area contributed by atoms with Crippen molar-refractivity contribution in [1.29, 1.82) is 0 Å². The molecule has 0 bridgehead atoms. The van der Waals surface area contributed by atoms with Crippen molar-refractivity contribution in [2.75, 3.05) is 12.3 Å². The molecule has 1 saturated heterocycles. The maximum atomic E-state index is 9.71. The molecule has 0 aliphatic carbocycles. The predicted octanol–water partition coefficient (Wildman–Crippen LogP) is 0.391. The van der Waals surface area contributed by atoms with E-state index in [1.54, 1.807) is 10.9 Å². The summed E-state index contributed by atoms with van der Waals surface area (Å²) >= 11 is -0.517. The standard InChI is InChI=1S/C10H13N5O3.2C6H5.Sn/c11-9-8-10(13-3-12-9)15(4-14-8)7-1-5(17)6(2-16)18-7;2*1-2-4-6-5-3-1;/h3-7,16-17H,1-2H2,(H2,11,12,13);2*1-5H;. The predicted molar refractivity (Wildman–Crippen MR) is 119 cm³/mol. The second kappa shape index (κ2) is 10.2. The van der Waals surface area contributed by atoms with Crippen LogP contribution in [0.4, 0.5) is 5.82 Å². The molecule has 4 aromatic rings. The summed E-state index contributed by atoms with van der Waals surface area (Å²) < 4.78 is 10.3. The normalized spacial score (nSPS) is 20.4. The molecule has 2 aromatic carbocycles. The molecule has 0 saturated carbocycles. The van der Waals surface area contributed by atoms with E-state index in [9.17, 15) is 5.11 Å². The Morgan fingerprint density at radius 1 is 1.00 bits per heavy atom. The number of aliphatic hydroxyl groups is 2. The summed E-state index contributed by atoms with van der Waals surface area (Å²) in [7, 11) is 0. The maximum absolute atomic E-state index is 9.71. The summed E-state index contributed by atoms with van der Waals surface area (Å²) in [5, 5.41) is 18.8. The van der Waals surface area contributed by atoms with Crippen LogP contribution in [0, 0.1) is 0 Å². The van der Waals surface area contributed by atoms with Gasteiger partial charge in [-0.05, 0) is 0 Å². The zero-order chi connectivity index (χ0) is 21.6. The molecule has 9 heteroatoms. The van der Waals surface area contributed by atoms with E-state index >= 15 is 0 Å². The molecule has 3 heterocycles. The topological polar surface area (TPSA) is 119 Å². The van der Waals surface area contributed by atoms with Crippen LogP contribution in [-0.4, -0.2) is 69.7 Å². The molecule has 1 aliphatic rings. The van der Waals surface area contributed by atoms with Crippen LogP contribution < -0.4 is 12.9 Å². The molecule has 0 amide bonds. The minimum absolute atomic E-state index is 0.221. The van der Waals surface area contributed by atoms with Crippen LogP contribution in [0.25, 0.3) is 11.2 Å². The third kappa shape index (κ3) is 5.21. The van der Waals surface area contributed by atoms with E-state index in [4.69, 9.17) is 15.6 Å². The van der Waals surface area contributed by atoms with E-state index in [-0.39, 0.29) is 6.61 Å². The fraction of sp³-hybridized carbons (Fsp3) is 0.227. The van der Waals surface area contributed by atoms with Gasteiger partial charge in [0.15, 0.2) is 11.5 Å². The first-order valence-corrected chi connectivity index (χ1v) is 12.8. The fourth-order valence-electron chi connectivity index (χ4n) is 3.34. The molecular formula is C22H23N5O3Sn. The van der Waals surface area contributed by atoms with Gasteiger partial charge in [0.25, 0.3) is 0 Å². The zero-order valence-electron chi connectivity index (χ0n) is 16.7. The molecule has 31 heavy (non-hydrogen) atoms. The van der Waals surface area contributed by atoms with E-state index in [1.165, 1.54) is 13.5 Å². The molecule has 8 nitrogen and oxygen atoms in total. The number of hydrogen-bond donors (Lipinski definition) is 3. The number of imidazole rings is 1. The Hall–Kier alpha value is -2.53. The van der Waals surface area contributed by atoms with Crippen molar-refractivity contribution in [2.45, 2.75) is 24.9 Å². The molecule has 1 aliphatic heterocycles. The first kappa shape index (κ1) is 21.7. The number of rotatable bonds is 4. The number of nitrogens with zero attached hydrogens (tertiary/aromatic N) is 4. The molecule has 1 fully saturated rings. The SMILES string of the molecule is Nc1ncnc2c1ncn2C1CC(O)C(CO)O1.c1cc[c]([Sn][c]2ccccc2)cc1. The second-order valence-corrected chi connectivity index (χ2v) is 11.1. The van der Waals surface area contributed by atoms with Gasteiger partial charge in [-0.25, -0.2) is 15.0 Å². The van der Waals surface area contributed by atoms with Gasteiger partial charge in [0.05, 0.1) is 19.0 Å². The molecule has 3 unspecified atom stereocenters. The Bertz CT molecular complexity index is 1070. The van der Waals surface area contributed by atoms with Crippen molar-refractivity contribution in [3.63, 3.8) is 0 Å². The Labute approximate surface area is 190 Å². The van der Waals surface area contributed by atoms with Crippen molar-refractivity contribution >= 4 is 45.3 Å². The molecule has 2 aromatic heterocycles. The van der Waals surface area contributed by atoms with Crippen molar-refractivity contribution in [3.8, 4) is 0 Å². The molecule has 4 N–H and O–H groups in total. The summed E-state index contributed by atoms with van der Waals surface area (Å²) in [5.41, 5.74) is 6.75. The van der Waals surface area contributed by atoms with E-state index < -0.39 is 39.6 Å². The molecular weight excluding hydrogens is 501 g/mol. The van der Waals surface area contributed by atoms with Crippen LogP contribution in [0.1, 0.15) is 12.6 Å². The number of aliphatic hydroxyl groups excluding tert-OH is 2. The Kier molecular flexibility index (Phi) is 7.13. The number of ether oxygens (including phenoxy) is 1. The van der Waals surface area contributed by atoms with Gasteiger partial charge in [0.1, 0.15) is 24.2 Å². The van der Waals surface area contributed by atoms with Crippen molar-refractivity contribution in [2.24, 2.45) is 0 Å². The summed E-state index contributed by atoms with van der Waals surface area (Å²) in [5.74, 6) is 0.302. The van der Waals surface area contributed by atoms with Gasteiger partial charge in [0.2, 0.25) is 0 Å². The van der Waals surface area contributed by atoms with Gasteiger partial charge in [0, 0.05) is 6.42 Å². The summed E-state index contributed by atoms with van der Waals surface area (Å²) in [6, 6.07) is 21.6. The molecule has 2 radical (unpaired) electrons. The number of nitrogen functional groups attached to an aromatic ring is 1. The van der Waals surface area contributed by atoms with Gasteiger partial charge in [-0.1, -0.05) is 0 Å². The Morgan fingerprint density at radius 3 is 2.23 bits per heavy atom. The van der Waals surface area contributed by atoms with E-state index in [0.29, 0.717) is 23.4 Å². The number of benzene rings is 2. The summed E-state index contributed by atoms with van der Waals surface area (Å²) in [4.78, 5) is 12.1. The van der Waals surface area contributed by atoms with Crippen LogP contribution in [0.3, 0.4) is 0 Å². The third-order valence-corrected chi connectivity index (χ3v) is 8.47. The molecule has 3 atom stereocenters.